The number of fused-ring (bicyclic) bond motifs is 2. The number of anilines is 1. The number of alkyl halides is 2. The Morgan fingerprint density at radius 3 is 2.80 bits per heavy atom. The quantitative estimate of drug-likeness (QED) is 0.704. The van der Waals surface area contributed by atoms with Crippen molar-refractivity contribution < 1.29 is 13.6 Å². The molecule has 2 aromatic heterocycles. The SMILES string of the molecule is Cn1nc(C(=O)N2CCC(F)(F)CC2)c2ccc(NC3=NCc4cccnc43)cc21. The van der Waals surface area contributed by atoms with Crippen molar-refractivity contribution in [2.75, 3.05) is 18.4 Å². The highest BCUT2D eigenvalue weighted by Crippen LogP contribution is 2.30. The number of benzene rings is 1. The Balaban J connectivity index is 1.40. The molecule has 0 spiro atoms. The van der Waals surface area contributed by atoms with E-state index in [1.807, 2.05) is 30.3 Å². The molecule has 0 saturated carbocycles. The zero-order valence-corrected chi connectivity index (χ0v) is 16.4. The molecule has 0 bridgehead atoms. The average molecular weight is 410 g/mol. The number of nitrogens with one attached hydrogen (secondary N) is 1. The number of hydrogen-bond acceptors (Lipinski definition) is 5. The summed E-state index contributed by atoms with van der Waals surface area (Å²) in [6, 6.07) is 9.47. The van der Waals surface area contributed by atoms with E-state index in [1.165, 1.54) is 4.90 Å². The summed E-state index contributed by atoms with van der Waals surface area (Å²) in [6.07, 6.45) is 1.12. The second kappa shape index (κ2) is 6.86. The number of likely N-dealkylation sites (tertiary alicyclic amines) is 1. The fourth-order valence-electron chi connectivity index (χ4n) is 3.93. The third-order valence-electron chi connectivity index (χ3n) is 5.62. The molecule has 0 atom stereocenters. The van der Waals surface area contributed by atoms with Crippen LogP contribution in [0.25, 0.3) is 10.9 Å². The molecule has 3 aromatic rings. The molecule has 30 heavy (non-hydrogen) atoms. The minimum atomic E-state index is -2.69. The summed E-state index contributed by atoms with van der Waals surface area (Å²) in [5.41, 5.74) is 3.77. The zero-order valence-electron chi connectivity index (χ0n) is 16.4. The second-order valence-electron chi connectivity index (χ2n) is 7.65. The van der Waals surface area contributed by atoms with Crippen LogP contribution in [0.4, 0.5) is 14.5 Å². The summed E-state index contributed by atoms with van der Waals surface area (Å²) in [5.74, 6) is -2.30. The van der Waals surface area contributed by atoms with E-state index in [0.717, 1.165) is 22.5 Å². The van der Waals surface area contributed by atoms with Crippen LogP contribution in [0.2, 0.25) is 0 Å². The number of amidine groups is 1. The number of rotatable bonds is 2. The molecular weight excluding hydrogens is 390 g/mol. The van der Waals surface area contributed by atoms with Crippen molar-refractivity contribution in [2.45, 2.75) is 25.3 Å². The predicted molar refractivity (Wildman–Crippen MR) is 109 cm³/mol. The Bertz CT molecular complexity index is 1180. The molecule has 7 nitrogen and oxygen atoms in total. The fourth-order valence-corrected chi connectivity index (χ4v) is 3.93. The minimum absolute atomic E-state index is 0.0375. The van der Waals surface area contributed by atoms with Gasteiger partial charge >= 0.3 is 0 Å². The van der Waals surface area contributed by atoms with Gasteiger partial charge in [-0.05, 0) is 24.3 Å². The molecule has 154 valence electrons. The van der Waals surface area contributed by atoms with Gasteiger partial charge < -0.3 is 10.2 Å². The normalized spacial score (nSPS) is 17.7. The highest BCUT2D eigenvalue weighted by Gasteiger charge is 2.36. The molecular formula is C21H20F2N6O. The molecule has 4 heterocycles. The summed E-state index contributed by atoms with van der Waals surface area (Å²) < 4.78 is 28.5. The van der Waals surface area contributed by atoms with Gasteiger partial charge in [0.05, 0.1) is 12.1 Å². The van der Waals surface area contributed by atoms with Crippen molar-refractivity contribution in [3.05, 3.63) is 53.5 Å². The number of nitrogens with zero attached hydrogens (tertiary/aromatic N) is 5. The molecule has 1 amide bonds. The van der Waals surface area contributed by atoms with Crippen LogP contribution in [-0.4, -0.2) is 50.4 Å². The van der Waals surface area contributed by atoms with Crippen LogP contribution in [0.15, 0.2) is 41.5 Å². The number of piperidine rings is 1. The van der Waals surface area contributed by atoms with E-state index in [4.69, 9.17) is 0 Å². The smallest absolute Gasteiger partial charge is 0.275 e. The molecule has 9 heteroatoms. The van der Waals surface area contributed by atoms with Crippen LogP contribution in [0.3, 0.4) is 0 Å². The van der Waals surface area contributed by atoms with Gasteiger partial charge in [-0.25, -0.2) is 8.78 Å². The van der Waals surface area contributed by atoms with Gasteiger partial charge in [-0.1, -0.05) is 6.07 Å². The predicted octanol–water partition coefficient (Wildman–Crippen LogP) is 3.21. The maximum atomic E-state index is 13.4. The lowest BCUT2D eigenvalue weighted by Crippen LogP contribution is -2.42. The average Bonchev–Trinajstić information content (AvgIpc) is 3.29. The van der Waals surface area contributed by atoms with Gasteiger partial charge in [-0.3, -0.25) is 19.5 Å². The highest BCUT2D eigenvalue weighted by atomic mass is 19.3. The molecule has 1 N–H and O–H groups in total. The Hall–Kier alpha value is -3.36. The van der Waals surface area contributed by atoms with E-state index in [2.05, 4.69) is 20.4 Å². The summed E-state index contributed by atoms with van der Waals surface area (Å²) in [6.45, 7) is 0.665. The van der Waals surface area contributed by atoms with E-state index in [9.17, 15) is 13.6 Å². The molecule has 2 aliphatic rings. The van der Waals surface area contributed by atoms with Crippen molar-refractivity contribution in [1.82, 2.24) is 19.7 Å². The van der Waals surface area contributed by atoms with Crippen LogP contribution >= 0.6 is 0 Å². The molecule has 0 unspecified atom stereocenters. The van der Waals surface area contributed by atoms with E-state index >= 15 is 0 Å². The number of aromatic nitrogens is 3. The van der Waals surface area contributed by atoms with Crippen molar-refractivity contribution in [3.63, 3.8) is 0 Å². The van der Waals surface area contributed by atoms with Crippen molar-refractivity contribution in [3.8, 4) is 0 Å². The van der Waals surface area contributed by atoms with Crippen LogP contribution in [0.1, 0.15) is 34.6 Å². The summed E-state index contributed by atoms with van der Waals surface area (Å²) in [4.78, 5) is 23.3. The second-order valence-corrected chi connectivity index (χ2v) is 7.65. The van der Waals surface area contributed by atoms with E-state index < -0.39 is 5.92 Å². The fraction of sp³-hybridized carbons (Fsp3) is 0.333. The number of pyridine rings is 1. The van der Waals surface area contributed by atoms with Crippen molar-refractivity contribution >= 4 is 28.3 Å². The van der Waals surface area contributed by atoms with Gasteiger partial charge in [0.25, 0.3) is 11.8 Å². The monoisotopic (exact) mass is 410 g/mol. The van der Waals surface area contributed by atoms with Crippen LogP contribution in [0, 0.1) is 0 Å². The van der Waals surface area contributed by atoms with Crippen molar-refractivity contribution in [1.29, 1.82) is 0 Å². The Morgan fingerprint density at radius 2 is 2.00 bits per heavy atom. The number of carbonyl (C=O) groups excluding carboxylic acids is 1. The minimum Gasteiger partial charge on any atom is -0.339 e. The van der Waals surface area contributed by atoms with E-state index in [-0.39, 0.29) is 37.5 Å². The Kier molecular flexibility index (Phi) is 4.27. The molecule has 0 radical (unpaired) electrons. The summed E-state index contributed by atoms with van der Waals surface area (Å²) in [7, 11) is 1.76. The van der Waals surface area contributed by atoms with Crippen LogP contribution in [-0.2, 0) is 13.6 Å². The molecule has 2 aliphatic heterocycles. The van der Waals surface area contributed by atoms with Gasteiger partial charge in [-0.15, -0.1) is 0 Å². The summed E-state index contributed by atoms with van der Waals surface area (Å²) >= 11 is 0. The lowest BCUT2D eigenvalue weighted by atomic mass is 10.1. The first-order chi connectivity index (χ1) is 14.4. The highest BCUT2D eigenvalue weighted by molar-refractivity contribution is 6.10. The standard InChI is InChI=1S/C21H20F2N6O/c1-28-16-11-14(26-19-17-13(12-25-19)3-2-8-24-17)4-5-15(16)18(27-28)20(30)29-9-6-21(22,23)7-10-29/h2-5,8,11H,6-7,9-10,12H2,1H3,(H,25,26). The molecule has 1 saturated heterocycles. The molecule has 1 fully saturated rings. The number of halogens is 2. The van der Waals surface area contributed by atoms with Crippen LogP contribution < -0.4 is 5.32 Å². The van der Waals surface area contributed by atoms with Gasteiger partial charge in [0.1, 0.15) is 5.69 Å². The number of aryl methyl sites for hydroxylation is 1. The van der Waals surface area contributed by atoms with E-state index in [0.29, 0.717) is 17.8 Å². The molecule has 1 aromatic carbocycles. The molecule has 0 aliphatic carbocycles. The van der Waals surface area contributed by atoms with Gasteiger partial charge in [0, 0.05) is 55.8 Å². The topological polar surface area (TPSA) is 75.4 Å². The van der Waals surface area contributed by atoms with Crippen molar-refractivity contribution in [2.24, 2.45) is 12.0 Å². The zero-order chi connectivity index (χ0) is 20.9. The van der Waals surface area contributed by atoms with Crippen LogP contribution in [0.5, 0.6) is 0 Å². The lowest BCUT2D eigenvalue weighted by Gasteiger charge is -2.31. The van der Waals surface area contributed by atoms with Gasteiger partial charge in [-0.2, -0.15) is 5.10 Å². The molecule has 5 rings (SSSR count). The third-order valence-corrected chi connectivity index (χ3v) is 5.62. The Morgan fingerprint density at radius 1 is 1.20 bits per heavy atom. The largest absolute Gasteiger partial charge is 0.339 e. The first-order valence-electron chi connectivity index (χ1n) is 9.81. The maximum absolute atomic E-state index is 13.4. The number of amides is 1. The first-order valence-corrected chi connectivity index (χ1v) is 9.81. The van der Waals surface area contributed by atoms with Gasteiger partial charge in [0.2, 0.25) is 0 Å². The van der Waals surface area contributed by atoms with Gasteiger partial charge in [0.15, 0.2) is 11.5 Å². The number of aliphatic imine (C=N–C) groups is 1. The number of carbonyl (C=O) groups is 1. The third kappa shape index (κ3) is 3.20. The Labute approximate surface area is 171 Å². The lowest BCUT2D eigenvalue weighted by molar-refractivity contribution is -0.0494. The first kappa shape index (κ1) is 18.7. The van der Waals surface area contributed by atoms with E-state index in [1.54, 1.807) is 17.9 Å². The maximum Gasteiger partial charge on any atom is 0.275 e. The summed E-state index contributed by atoms with van der Waals surface area (Å²) in [5, 5.41) is 8.36. The number of hydrogen-bond donors (Lipinski definition) is 1.